The van der Waals surface area contributed by atoms with Crippen molar-refractivity contribution < 1.29 is 27.4 Å². The molecule has 8 nitrogen and oxygen atoms in total. The number of rotatable bonds is 9. The van der Waals surface area contributed by atoms with Gasteiger partial charge in [0.25, 0.3) is 0 Å². The Labute approximate surface area is 218 Å². The van der Waals surface area contributed by atoms with Crippen molar-refractivity contribution in [3.63, 3.8) is 0 Å². The highest BCUT2D eigenvalue weighted by molar-refractivity contribution is 5.79. The van der Waals surface area contributed by atoms with Crippen LogP contribution in [-0.2, 0) is 22.1 Å². The minimum absolute atomic E-state index is 0.0159. The van der Waals surface area contributed by atoms with Gasteiger partial charge in [-0.2, -0.15) is 23.0 Å². The molecule has 38 heavy (non-hydrogen) atoms. The second kappa shape index (κ2) is 12.1. The van der Waals surface area contributed by atoms with Crippen LogP contribution in [0, 0.1) is 0 Å². The third kappa shape index (κ3) is 6.52. The quantitative estimate of drug-likeness (QED) is 0.394. The summed E-state index contributed by atoms with van der Waals surface area (Å²) in [6.07, 6.45) is -2.84. The van der Waals surface area contributed by atoms with E-state index in [9.17, 15) is 22.8 Å². The molecule has 1 fully saturated rings. The molecule has 0 spiro atoms. The molecule has 0 N–H and O–H groups in total. The second-order valence-corrected chi connectivity index (χ2v) is 8.70. The fourth-order valence-electron chi connectivity index (χ4n) is 4.21. The van der Waals surface area contributed by atoms with Crippen molar-refractivity contribution in [1.29, 1.82) is 0 Å². The number of hydrogen-bond donors (Lipinski definition) is 0. The van der Waals surface area contributed by atoms with Gasteiger partial charge >= 0.3 is 11.7 Å². The van der Waals surface area contributed by atoms with Gasteiger partial charge in [0.15, 0.2) is 0 Å². The maximum Gasteiger partial charge on any atom is 0.416 e. The first-order valence-electron chi connectivity index (χ1n) is 12.3. The predicted octanol–water partition coefficient (Wildman–Crippen LogP) is 3.56. The van der Waals surface area contributed by atoms with Crippen molar-refractivity contribution in [3.05, 3.63) is 82.3 Å². The molecule has 4 rings (SSSR count). The molecule has 2 heterocycles. The van der Waals surface area contributed by atoms with Crippen LogP contribution in [0.25, 0.3) is 5.69 Å². The van der Waals surface area contributed by atoms with Crippen molar-refractivity contribution >= 4 is 11.6 Å². The van der Waals surface area contributed by atoms with Crippen LogP contribution in [0.2, 0.25) is 0 Å². The molecule has 0 atom stereocenters. The molecule has 202 valence electrons. The average molecular weight is 531 g/mol. The third-order valence-electron chi connectivity index (χ3n) is 6.18. The molecule has 1 aliphatic heterocycles. The number of carbonyl (C=O) groups is 1. The van der Waals surface area contributed by atoms with E-state index in [1.54, 1.807) is 4.90 Å². The van der Waals surface area contributed by atoms with Crippen LogP contribution >= 0.6 is 0 Å². The van der Waals surface area contributed by atoms with Gasteiger partial charge in [-0.1, -0.05) is 36.4 Å². The lowest BCUT2D eigenvalue weighted by atomic mass is 10.1. The number of anilines is 1. The van der Waals surface area contributed by atoms with Gasteiger partial charge in [-0.15, -0.1) is 0 Å². The number of nitrogens with zero attached hydrogens (tertiary/aromatic N) is 4. The molecule has 0 aliphatic carbocycles. The van der Waals surface area contributed by atoms with Crippen molar-refractivity contribution in [2.75, 3.05) is 50.9 Å². The maximum absolute atomic E-state index is 13.4. The Morgan fingerprint density at radius 3 is 2.42 bits per heavy atom. The molecule has 1 saturated heterocycles. The molecule has 0 unspecified atom stereocenters. The molecular formula is C27H29F3N4O4. The van der Waals surface area contributed by atoms with E-state index in [0.29, 0.717) is 44.9 Å². The number of hydrogen-bond acceptors (Lipinski definition) is 6. The number of carbonyl (C=O) groups excluding carboxylic acids is 1. The monoisotopic (exact) mass is 530 g/mol. The number of piperazine rings is 1. The summed E-state index contributed by atoms with van der Waals surface area (Å²) in [5.41, 5.74) is -0.233. The van der Waals surface area contributed by atoms with Gasteiger partial charge in [0.2, 0.25) is 11.7 Å². The Morgan fingerprint density at radius 1 is 1.00 bits per heavy atom. The number of benzene rings is 2. The Kier molecular flexibility index (Phi) is 8.67. The fourth-order valence-corrected chi connectivity index (χ4v) is 4.21. The van der Waals surface area contributed by atoms with Gasteiger partial charge in [0.05, 0.1) is 30.5 Å². The van der Waals surface area contributed by atoms with E-state index in [-0.39, 0.29) is 30.6 Å². The molecule has 0 saturated carbocycles. The number of alkyl halides is 3. The van der Waals surface area contributed by atoms with Crippen LogP contribution in [-0.4, -0.2) is 66.6 Å². The summed E-state index contributed by atoms with van der Waals surface area (Å²) in [6.45, 7) is 4.40. The molecule has 11 heteroatoms. The zero-order valence-electron chi connectivity index (χ0n) is 21.0. The highest BCUT2D eigenvalue weighted by atomic mass is 19.4. The summed E-state index contributed by atoms with van der Waals surface area (Å²) in [6, 6.07) is 13.9. The average Bonchev–Trinajstić information content (AvgIpc) is 2.92. The Morgan fingerprint density at radius 2 is 1.74 bits per heavy atom. The lowest BCUT2D eigenvalue weighted by molar-refractivity contribution is -0.137. The number of aromatic nitrogens is 2. The van der Waals surface area contributed by atoms with E-state index in [2.05, 4.69) is 5.10 Å². The van der Waals surface area contributed by atoms with E-state index in [0.717, 1.165) is 22.4 Å². The minimum atomic E-state index is -4.56. The smallest absolute Gasteiger partial charge is 0.416 e. The van der Waals surface area contributed by atoms with Gasteiger partial charge in [0.1, 0.15) is 12.3 Å². The zero-order chi connectivity index (χ0) is 27.1. The Hall–Kier alpha value is -3.86. The van der Waals surface area contributed by atoms with Gasteiger partial charge in [-0.05, 0) is 30.7 Å². The van der Waals surface area contributed by atoms with Gasteiger partial charge in [-0.25, -0.2) is 0 Å². The maximum atomic E-state index is 13.4. The van der Waals surface area contributed by atoms with Crippen molar-refractivity contribution in [3.8, 4) is 11.4 Å². The van der Waals surface area contributed by atoms with E-state index in [1.165, 1.54) is 18.3 Å². The van der Waals surface area contributed by atoms with E-state index >= 15 is 0 Å². The van der Waals surface area contributed by atoms with Crippen molar-refractivity contribution in [1.82, 2.24) is 14.7 Å². The first-order chi connectivity index (χ1) is 18.3. The molecule has 1 amide bonds. The van der Waals surface area contributed by atoms with E-state index < -0.39 is 17.3 Å². The largest absolute Gasteiger partial charge is 0.484 e. The van der Waals surface area contributed by atoms with Crippen LogP contribution < -0.4 is 15.2 Å². The van der Waals surface area contributed by atoms with Crippen LogP contribution in [0.5, 0.6) is 5.75 Å². The zero-order valence-corrected chi connectivity index (χ0v) is 21.0. The number of amides is 1. The fraction of sp³-hybridized carbons (Fsp3) is 0.370. The molecular weight excluding hydrogens is 501 g/mol. The predicted molar refractivity (Wildman–Crippen MR) is 136 cm³/mol. The third-order valence-corrected chi connectivity index (χ3v) is 6.18. The molecule has 2 aromatic carbocycles. The highest BCUT2D eigenvalue weighted by Crippen LogP contribution is 2.31. The summed E-state index contributed by atoms with van der Waals surface area (Å²) < 4.78 is 51.7. The molecule has 1 aromatic heterocycles. The lowest BCUT2D eigenvalue weighted by Gasteiger charge is -2.36. The Bertz CT molecular complexity index is 1290. The van der Waals surface area contributed by atoms with Crippen molar-refractivity contribution in [2.24, 2.45) is 0 Å². The summed E-state index contributed by atoms with van der Waals surface area (Å²) in [4.78, 5) is 29.8. The molecule has 1 aliphatic rings. The SMILES string of the molecule is CCOCCOc1c(N2CCN(C(=O)Cc3ccccc3)CC2)cnn(-c2cccc(C(F)(F)F)c2)c1=O. The first kappa shape index (κ1) is 27.2. The number of halogens is 3. The van der Waals surface area contributed by atoms with Crippen LogP contribution in [0.3, 0.4) is 0 Å². The second-order valence-electron chi connectivity index (χ2n) is 8.70. The first-order valence-corrected chi connectivity index (χ1v) is 12.3. The van der Waals surface area contributed by atoms with Crippen LogP contribution in [0.4, 0.5) is 18.9 Å². The standard InChI is InChI=1S/C27H29F3N4O4/c1-2-37-15-16-38-25-23(19-31-34(26(25)36)22-10-6-9-21(18-22)27(28,29)30)32-11-13-33(14-12-32)24(35)17-20-7-4-3-5-8-20/h3-10,18-19H,2,11-17H2,1H3. The number of ether oxygens (including phenoxy) is 2. The molecule has 0 bridgehead atoms. The summed E-state index contributed by atoms with van der Waals surface area (Å²) >= 11 is 0. The lowest BCUT2D eigenvalue weighted by Crippen LogP contribution is -2.49. The highest BCUT2D eigenvalue weighted by Gasteiger charge is 2.31. The van der Waals surface area contributed by atoms with Crippen LogP contribution in [0.1, 0.15) is 18.1 Å². The molecule has 3 aromatic rings. The van der Waals surface area contributed by atoms with Gasteiger partial charge in [0, 0.05) is 32.8 Å². The van der Waals surface area contributed by atoms with E-state index in [1.807, 2.05) is 42.2 Å². The van der Waals surface area contributed by atoms with Gasteiger partial charge < -0.3 is 19.3 Å². The normalized spacial score (nSPS) is 14.0. The van der Waals surface area contributed by atoms with E-state index in [4.69, 9.17) is 9.47 Å². The van der Waals surface area contributed by atoms with Crippen LogP contribution in [0.15, 0.2) is 65.6 Å². The van der Waals surface area contributed by atoms with Crippen molar-refractivity contribution in [2.45, 2.75) is 19.5 Å². The molecule has 0 radical (unpaired) electrons. The summed E-state index contributed by atoms with van der Waals surface area (Å²) in [5, 5.41) is 4.17. The topological polar surface area (TPSA) is 76.9 Å². The van der Waals surface area contributed by atoms with Gasteiger partial charge in [-0.3, -0.25) is 9.59 Å². The minimum Gasteiger partial charge on any atom is -0.484 e. The summed E-state index contributed by atoms with van der Waals surface area (Å²) in [7, 11) is 0. The summed E-state index contributed by atoms with van der Waals surface area (Å²) in [5.74, 6) is -0.0108. The Balaban J connectivity index is 1.55.